The van der Waals surface area contributed by atoms with Crippen molar-refractivity contribution in [3.05, 3.63) is 36.2 Å². The number of hydrogen-bond donors (Lipinski definition) is 1. The molecule has 0 aliphatic carbocycles. The number of aliphatic imine (C=N–C) groups is 1. The molecule has 0 atom stereocenters. The van der Waals surface area contributed by atoms with Gasteiger partial charge in [0.2, 0.25) is 5.84 Å². The van der Waals surface area contributed by atoms with Crippen molar-refractivity contribution in [3.63, 3.8) is 0 Å². The van der Waals surface area contributed by atoms with Gasteiger partial charge in [-0.05, 0) is 30.7 Å². The van der Waals surface area contributed by atoms with E-state index in [4.69, 9.17) is 0 Å². The molecular formula is C23H31F3N3NaO2. The molecule has 0 unspecified atom stereocenters. The van der Waals surface area contributed by atoms with Gasteiger partial charge in [0.15, 0.2) is 0 Å². The first-order chi connectivity index (χ1) is 14.9. The molecule has 2 rings (SSSR count). The van der Waals surface area contributed by atoms with Crippen LogP contribution in [0.5, 0.6) is 0 Å². The first-order valence-electron chi connectivity index (χ1n) is 11.0. The number of nitrogens with one attached hydrogen (secondary N) is 1. The predicted octanol–water partition coefficient (Wildman–Crippen LogP) is 2.53. The minimum Gasteiger partial charge on any atom is -0.876 e. The summed E-state index contributed by atoms with van der Waals surface area (Å²) in [6.45, 7) is 3.00. The molecule has 1 aromatic carbocycles. The molecule has 32 heavy (non-hydrogen) atoms. The summed E-state index contributed by atoms with van der Waals surface area (Å²) in [6, 6.07) is 6.05. The maximum Gasteiger partial charge on any atom is 1.00 e. The van der Waals surface area contributed by atoms with Crippen LogP contribution in [-0.2, 0) is 4.79 Å². The smallest absolute Gasteiger partial charge is 0.876 e. The second-order valence-electron chi connectivity index (χ2n) is 7.73. The van der Waals surface area contributed by atoms with Gasteiger partial charge < -0.3 is 10.4 Å². The predicted molar refractivity (Wildman–Crippen MR) is 116 cm³/mol. The summed E-state index contributed by atoms with van der Waals surface area (Å²) in [4.78, 5) is 15.7. The van der Waals surface area contributed by atoms with Crippen molar-refractivity contribution in [2.24, 2.45) is 4.99 Å². The quantitative estimate of drug-likeness (QED) is 0.213. The standard InChI is InChI=1S/C23H32F3N3O2.Na/c1-2-3-4-5-6-7-8-9-10-11-16-27-18-12-14-19(15-13-18)29-21(31)20(17-30)28-22(29)23(24,25)26;/h12-15,17,27,30H,2-11,16H2,1H3;/q;+1/p-1/b20-17+;. The molecule has 0 spiro atoms. The molecule has 1 N–H and O–H groups in total. The Balaban J connectivity index is 0.00000512. The van der Waals surface area contributed by atoms with E-state index in [2.05, 4.69) is 17.2 Å². The number of hydrogen-bond acceptors (Lipinski definition) is 4. The van der Waals surface area contributed by atoms with Crippen LogP contribution in [0.25, 0.3) is 0 Å². The van der Waals surface area contributed by atoms with E-state index < -0.39 is 23.6 Å². The van der Waals surface area contributed by atoms with Crippen LogP contribution >= 0.6 is 0 Å². The monoisotopic (exact) mass is 461 g/mol. The molecule has 0 saturated heterocycles. The number of unbranched alkanes of at least 4 members (excludes halogenated alkanes) is 9. The fourth-order valence-electron chi connectivity index (χ4n) is 3.50. The Kier molecular flexibility index (Phi) is 13.0. The number of anilines is 2. The van der Waals surface area contributed by atoms with Crippen LogP contribution in [-0.4, -0.2) is 24.5 Å². The van der Waals surface area contributed by atoms with Gasteiger partial charge >= 0.3 is 35.7 Å². The molecule has 0 fully saturated rings. The minimum atomic E-state index is -4.84. The second-order valence-corrected chi connectivity index (χ2v) is 7.73. The van der Waals surface area contributed by atoms with Crippen molar-refractivity contribution in [1.29, 1.82) is 0 Å². The first kappa shape index (κ1) is 28.5. The fraction of sp³-hybridized carbons (Fsp3) is 0.565. The van der Waals surface area contributed by atoms with E-state index in [1.807, 2.05) is 0 Å². The number of rotatable bonds is 13. The van der Waals surface area contributed by atoms with Gasteiger partial charge in [0.05, 0.1) is 5.69 Å². The molecule has 1 aliphatic heterocycles. The number of carbonyl (C=O) groups is 1. The van der Waals surface area contributed by atoms with E-state index in [1.54, 1.807) is 12.1 Å². The van der Waals surface area contributed by atoms with E-state index in [1.165, 1.54) is 63.5 Å². The topological polar surface area (TPSA) is 67.8 Å². The van der Waals surface area contributed by atoms with E-state index in [-0.39, 0.29) is 41.5 Å². The fourth-order valence-corrected chi connectivity index (χ4v) is 3.50. The normalized spacial score (nSPS) is 15.1. The third-order valence-electron chi connectivity index (χ3n) is 5.21. The van der Waals surface area contributed by atoms with Gasteiger partial charge in [0.25, 0.3) is 5.91 Å². The van der Waals surface area contributed by atoms with Crippen molar-refractivity contribution >= 4 is 23.1 Å². The SMILES string of the molecule is CCCCCCCCCCCCNc1ccc(N2C(=O)/C(=C\[O-])N=C2C(F)(F)F)cc1.[Na+]. The molecule has 0 aromatic heterocycles. The zero-order chi connectivity index (χ0) is 22.7. The Labute approximate surface area is 210 Å². The van der Waals surface area contributed by atoms with E-state index in [0.717, 1.165) is 25.1 Å². The molecule has 0 radical (unpaired) electrons. The van der Waals surface area contributed by atoms with Crippen LogP contribution in [0.1, 0.15) is 71.1 Å². The number of amidine groups is 1. The summed E-state index contributed by atoms with van der Waals surface area (Å²) in [6.07, 6.45) is 7.70. The van der Waals surface area contributed by atoms with E-state index in [0.29, 0.717) is 4.90 Å². The number of nitrogens with zero attached hydrogens (tertiary/aromatic N) is 2. The maximum absolute atomic E-state index is 13.2. The summed E-state index contributed by atoms with van der Waals surface area (Å²) in [5.74, 6) is -2.47. The van der Waals surface area contributed by atoms with Crippen molar-refractivity contribution in [2.45, 2.75) is 77.3 Å². The zero-order valence-corrected chi connectivity index (χ0v) is 21.0. The largest absolute Gasteiger partial charge is 1.00 e. The zero-order valence-electron chi connectivity index (χ0n) is 19.0. The average Bonchev–Trinajstić information content (AvgIpc) is 3.09. The summed E-state index contributed by atoms with van der Waals surface area (Å²) in [5, 5.41) is 14.1. The molecule has 0 bridgehead atoms. The Bertz CT molecular complexity index is 765. The molecule has 0 saturated carbocycles. The molecule has 172 valence electrons. The number of carbonyl (C=O) groups excluding carboxylic acids is 1. The van der Waals surface area contributed by atoms with E-state index >= 15 is 0 Å². The van der Waals surface area contributed by atoms with Crippen LogP contribution in [0.2, 0.25) is 0 Å². The van der Waals surface area contributed by atoms with Gasteiger partial charge in [-0.25, -0.2) is 4.99 Å². The van der Waals surface area contributed by atoms with Crippen molar-refractivity contribution in [1.82, 2.24) is 0 Å². The van der Waals surface area contributed by atoms with Gasteiger partial charge in [-0.2, -0.15) is 13.2 Å². The molecule has 1 heterocycles. The Morgan fingerprint density at radius 2 is 1.50 bits per heavy atom. The molecule has 1 aromatic rings. The Morgan fingerprint density at radius 1 is 0.969 bits per heavy atom. The number of halogens is 3. The van der Waals surface area contributed by atoms with Gasteiger partial charge in [0.1, 0.15) is 5.70 Å². The Hall–Kier alpha value is -1.51. The third-order valence-corrected chi connectivity index (χ3v) is 5.21. The molecule has 1 aliphatic rings. The van der Waals surface area contributed by atoms with Gasteiger partial charge in [-0.1, -0.05) is 64.7 Å². The summed E-state index contributed by atoms with van der Waals surface area (Å²) in [7, 11) is 0. The molecule has 9 heteroatoms. The maximum atomic E-state index is 13.2. The average molecular weight is 462 g/mol. The molecular weight excluding hydrogens is 430 g/mol. The first-order valence-corrected chi connectivity index (χ1v) is 11.0. The Morgan fingerprint density at radius 3 is 2.00 bits per heavy atom. The second kappa shape index (κ2) is 14.6. The van der Waals surface area contributed by atoms with Crippen LogP contribution in [0.4, 0.5) is 24.5 Å². The van der Waals surface area contributed by atoms with Gasteiger partial charge in [-0.3, -0.25) is 9.69 Å². The van der Waals surface area contributed by atoms with Crippen molar-refractivity contribution in [2.75, 3.05) is 16.8 Å². The number of benzene rings is 1. The van der Waals surface area contributed by atoms with Crippen LogP contribution in [0, 0.1) is 0 Å². The van der Waals surface area contributed by atoms with Gasteiger partial charge in [-0.15, -0.1) is 6.26 Å². The summed E-state index contributed by atoms with van der Waals surface area (Å²) in [5.41, 5.74) is 0.0225. The molecule has 1 amide bonds. The number of alkyl halides is 3. The van der Waals surface area contributed by atoms with Crippen molar-refractivity contribution in [3.8, 4) is 0 Å². The van der Waals surface area contributed by atoms with Crippen molar-refractivity contribution < 1.29 is 52.6 Å². The van der Waals surface area contributed by atoms with Crippen LogP contribution in [0.3, 0.4) is 0 Å². The summed E-state index contributed by atoms with van der Waals surface area (Å²) >= 11 is 0. The van der Waals surface area contributed by atoms with Crippen LogP contribution in [0.15, 0.2) is 41.2 Å². The van der Waals surface area contributed by atoms with E-state index in [9.17, 15) is 23.1 Å². The minimum absolute atomic E-state index is 0. The third kappa shape index (κ3) is 8.79. The van der Waals surface area contributed by atoms with Crippen LogP contribution < -0.4 is 44.9 Å². The molecule has 5 nitrogen and oxygen atoms in total. The number of amides is 1. The summed E-state index contributed by atoms with van der Waals surface area (Å²) < 4.78 is 39.5. The van der Waals surface area contributed by atoms with Gasteiger partial charge in [0, 0.05) is 12.2 Å².